The highest BCUT2D eigenvalue weighted by Crippen LogP contribution is 2.34. The normalized spacial score (nSPS) is 11.2. The Kier molecular flexibility index (Phi) is 3.69. The van der Waals surface area contributed by atoms with Crippen molar-refractivity contribution in [2.45, 2.75) is 6.18 Å². The summed E-state index contributed by atoms with van der Waals surface area (Å²) in [5.41, 5.74) is 5.96. The topological polar surface area (TPSA) is 80.5 Å². The molecule has 2 aromatic heterocycles. The monoisotopic (exact) mass is 329 g/mol. The molecule has 3 aromatic rings. The van der Waals surface area contributed by atoms with Crippen LogP contribution in [0.2, 0.25) is 0 Å². The highest BCUT2D eigenvalue weighted by Gasteiger charge is 2.31. The van der Waals surface area contributed by atoms with Crippen LogP contribution in [0, 0.1) is 11.3 Å². The van der Waals surface area contributed by atoms with Crippen LogP contribution >= 0.6 is 0 Å². The molecule has 0 saturated heterocycles. The summed E-state index contributed by atoms with van der Waals surface area (Å²) >= 11 is 0. The van der Waals surface area contributed by atoms with Crippen LogP contribution in [0.5, 0.6) is 0 Å². The van der Waals surface area contributed by atoms with Crippen molar-refractivity contribution in [3.8, 4) is 23.0 Å². The highest BCUT2D eigenvalue weighted by molar-refractivity contribution is 5.74. The molecule has 2 N–H and O–H groups in total. The molecule has 3 rings (SSSR count). The van der Waals surface area contributed by atoms with Gasteiger partial charge in [-0.25, -0.2) is 4.68 Å². The van der Waals surface area contributed by atoms with Crippen molar-refractivity contribution in [1.82, 2.24) is 14.8 Å². The van der Waals surface area contributed by atoms with Gasteiger partial charge in [0.05, 0.1) is 11.3 Å². The van der Waals surface area contributed by atoms with Gasteiger partial charge in [-0.2, -0.15) is 23.5 Å². The molecular weight excluding hydrogens is 319 g/mol. The van der Waals surface area contributed by atoms with Gasteiger partial charge < -0.3 is 5.73 Å². The van der Waals surface area contributed by atoms with Crippen molar-refractivity contribution < 1.29 is 13.2 Å². The number of benzene rings is 1. The largest absolute Gasteiger partial charge is 0.416 e. The Balaban J connectivity index is 2.18. The van der Waals surface area contributed by atoms with Crippen LogP contribution in [-0.2, 0) is 6.18 Å². The number of pyridine rings is 1. The van der Waals surface area contributed by atoms with E-state index < -0.39 is 11.7 Å². The van der Waals surface area contributed by atoms with Gasteiger partial charge in [0, 0.05) is 18.0 Å². The van der Waals surface area contributed by atoms with Crippen molar-refractivity contribution in [3.63, 3.8) is 0 Å². The molecule has 24 heavy (non-hydrogen) atoms. The average Bonchev–Trinajstić information content (AvgIpc) is 2.91. The summed E-state index contributed by atoms with van der Waals surface area (Å²) in [4.78, 5) is 3.87. The van der Waals surface area contributed by atoms with E-state index in [9.17, 15) is 18.4 Å². The molecule has 0 atom stereocenters. The summed E-state index contributed by atoms with van der Waals surface area (Å²) in [7, 11) is 0. The third kappa shape index (κ3) is 2.67. The second-order valence-corrected chi connectivity index (χ2v) is 4.92. The Labute approximate surface area is 134 Å². The number of nitriles is 1. The number of alkyl halides is 3. The standard InChI is InChI=1S/C16H10F3N5/c17-16(18,19)11-3-1-2-10(8-11)14-13(9-20)15(21)24(23-14)12-4-6-22-7-5-12/h1-8H,21H2. The maximum absolute atomic E-state index is 12.9. The van der Waals surface area contributed by atoms with E-state index >= 15 is 0 Å². The van der Waals surface area contributed by atoms with Gasteiger partial charge in [0.2, 0.25) is 0 Å². The molecular formula is C16H10F3N5. The quantitative estimate of drug-likeness (QED) is 0.781. The minimum Gasteiger partial charge on any atom is -0.382 e. The first-order valence-corrected chi connectivity index (χ1v) is 6.78. The van der Waals surface area contributed by atoms with Crippen LogP contribution in [0.15, 0.2) is 48.8 Å². The summed E-state index contributed by atoms with van der Waals surface area (Å²) in [5, 5.41) is 13.6. The molecule has 0 aliphatic rings. The van der Waals surface area contributed by atoms with Crippen LogP contribution in [0.25, 0.3) is 16.9 Å². The number of hydrogen-bond acceptors (Lipinski definition) is 4. The number of nitrogens with two attached hydrogens (primary N) is 1. The van der Waals surface area contributed by atoms with E-state index in [0.29, 0.717) is 5.69 Å². The summed E-state index contributed by atoms with van der Waals surface area (Å²) in [6, 6.07) is 9.78. The smallest absolute Gasteiger partial charge is 0.382 e. The molecule has 0 aliphatic carbocycles. The van der Waals surface area contributed by atoms with Crippen molar-refractivity contribution in [3.05, 3.63) is 59.9 Å². The maximum atomic E-state index is 12.9. The van der Waals surface area contributed by atoms with Crippen LogP contribution in [-0.4, -0.2) is 14.8 Å². The Hall–Kier alpha value is -3.34. The van der Waals surface area contributed by atoms with E-state index in [2.05, 4.69) is 10.1 Å². The van der Waals surface area contributed by atoms with E-state index in [1.807, 2.05) is 6.07 Å². The fraction of sp³-hybridized carbons (Fsp3) is 0.0625. The summed E-state index contributed by atoms with van der Waals surface area (Å²) in [6.07, 6.45) is -1.44. The van der Waals surface area contributed by atoms with Gasteiger partial charge in [-0.05, 0) is 24.3 Å². The van der Waals surface area contributed by atoms with Gasteiger partial charge in [0.1, 0.15) is 23.1 Å². The van der Waals surface area contributed by atoms with Gasteiger partial charge in [-0.15, -0.1) is 0 Å². The molecule has 120 valence electrons. The zero-order valence-electron chi connectivity index (χ0n) is 12.1. The molecule has 0 spiro atoms. The molecule has 0 saturated carbocycles. The van der Waals surface area contributed by atoms with E-state index in [-0.39, 0.29) is 22.6 Å². The molecule has 0 amide bonds. The summed E-state index contributed by atoms with van der Waals surface area (Å²) in [5.74, 6) is 0.0520. The average molecular weight is 329 g/mol. The van der Waals surface area contributed by atoms with E-state index in [0.717, 1.165) is 12.1 Å². The van der Waals surface area contributed by atoms with Gasteiger partial charge in [-0.1, -0.05) is 12.1 Å². The van der Waals surface area contributed by atoms with Crippen molar-refractivity contribution in [2.75, 3.05) is 5.73 Å². The second kappa shape index (κ2) is 5.70. The molecule has 0 aliphatic heterocycles. The fourth-order valence-corrected chi connectivity index (χ4v) is 2.27. The molecule has 0 radical (unpaired) electrons. The van der Waals surface area contributed by atoms with Crippen LogP contribution in [0.4, 0.5) is 19.0 Å². The van der Waals surface area contributed by atoms with Crippen LogP contribution in [0.3, 0.4) is 0 Å². The number of anilines is 1. The second-order valence-electron chi connectivity index (χ2n) is 4.92. The zero-order chi connectivity index (χ0) is 17.3. The lowest BCUT2D eigenvalue weighted by Crippen LogP contribution is -2.04. The highest BCUT2D eigenvalue weighted by atomic mass is 19.4. The van der Waals surface area contributed by atoms with Crippen molar-refractivity contribution in [2.24, 2.45) is 0 Å². The molecule has 5 nitrogen and oxygen atoms in total. The number of halogens is 3. The number of nitrogen functional groups attached to an aromatic ring is 1. The molecule has 0 bridgehead atoms. The first kappa shape index (κ1) is 15.6. The molecule has 0 fully saturated rings. The van der Waals surface area contributed by atoms with E-state index in [1.54, 1.807) is 12.1 Å². The van der Waals surface area contributed by atoms with Gasteiger partial charge >= 0.3 is 6.18 Å². The fourth-order valence-electron chi connectivity index (χ4n) is 2.27. The lowest BCUT2D eigenvalue weighted by atomic mass is 10.1. The molecule has 1 aromatic carbocycles. The minimum atomic E-state index is -4.48. The van der Waals surface area contributed by atoms with Gasteiger partial charge in [0.15, 0.2) is 0 Å². The predicted molar refractivity (Wildman–Crippen MR) is 80.9 cm³/mol. The molecule has 8 heteroatoms. The summed E-state index contributed by atoms with van der Waals surface area (Å²) < 4.78 is 40.0. The Morgan fingerprint density at radius 2 is 1.83 bits per heavy atom. The lowest BCUT2D eigenvalue weighted by molar-refractivity contribution is -0.137. The lowest BCUT2D eigenvalue weighted by Gasteiger charge is -2.07. The Bertz CT molecular complexity index is 923. The minimum absolute atomic E-state index is 0.0196. The molecule has 0 unspecified atom stereocenters. The Morgan fingerprint density at radius 1 is 1.12 bits per heavy atom. The van der Waals surface area contributed by atoms with Crippen molar-refractivity contribution >= 4 is 5.82 Å². The Morgan fingerprint density at radius 3 is 2.46 bits per heavy atom. The third-order valence-electron chi connectivity index (χ3n) is 3.40. The number of hydrogen-bond donors (Lipinski definition) is 1. The van der Waals surface area contributed by atoms with E-state index in [1.165, 1.54) is 29.2 Å². The predicted octanol–water partition coefficient (Wildman–Crippen LogP) is 3.41. The molecule has 2 heterocycles. The SMILES string of the molecule is N#Cc1c(-c2cccc(C(F)(F)F)c2)nn(-c2ccncc2)c1N. The van der Waals surface area contributed by atoms with Gasteiger partial charge in [-0.3, -0.25) is 4.98 Å². The number of nitrogens with zero attached hydrogens (tertiary/aromatic N) is 4. The first-order chi connectivity index (χ1) is 11.4. The number of rotatable bonds is 2. The maximum Gasteiger partial charge on any atom is 0.416 e. The third-order valence-corrected chi connectivity index (χ3v) is 3.40. The van der Waals surface area contributed by atoms with Crippen molar-refractivity contribution in [1.29, 1.82) is 5.26 Å². The van der Waals surface area contributed by atoms with Gasteiger partial charge in [0.25, 0.3) is 0 Å². The van der Waals surface area contributed by atoms with Crippen LogP contribution < -0.4 is 5.73 Å². The zero-order valence-corrected chi connectivity index (χ0v) is 12.1. The van der Waals surface area contributed by atoms with Crippen LogP contribution in [0.1, 0.15) is 11.1 Å². The number of aromatic nitrogens is 3. The van der Waals surface area contributed by atoms with E-state index in [4.69, 9.17) is 5.73 Å². The summed E-state index contributed by atoms with van der Waals surface area (Å²) in [6.45, 7) is 0. The first-order valence-electron chi connectivity index (χ1n) is 6.78.